The molecule has 4 amide bonds. The van der Waals surface area contributed by atoms with E-state index in [2.05, 4.69) is 70.8 Å². The summed E-state index contributed by atoms with van der Waals surface area (Å²) in [5.74, 6) is -0.113. The van der Waals surface area contributed by atoms with Gasteiger partial charge in [-0.2, -0.15) is 15.8 Å². The predicted molar refractivity (Wildman–Crippen MR) is 519 cm³/mol. The van der Waals surface area contributed by atoms with Crippen molar-refractivity contribution in [2.75, 3.05) is 65.4 Å². The van der Waals surface area contributed by atoms with Crippen molar-refractivity contribution in [2.24, 2.45) is 0 Å². The van der Waals surface area contributed by atoms with Gasteiger partial charge in [-0.3, -0.25) is 0 Å². The molecule has 8 aromatic heterocycles. The Hall–Kier alpha value is -13.6. The Labute approximate surface area is 835 Å². The number of nitriles is 3. The third-order valence-electron chi connectivity index (χ3n) is 24.4. The summed E-state index contributed by atoms with van der Waals surface area (Å²) >= 11 is 9.30. The second kappa shape index (κ2) is 40.7. The number of benzene rings is 5. The molecule has 0 aliphatic carbocycles. The number of fused-ring (bicyclic) bond motifs is 5. The molecule has 0 spiro atoms. The summed E-state index contributed by atoms with van der Waals surface area (Å²) in [7, 11) is -0.541. The number of nitrogens with zero attached hydrogens (tertiary/aromatic N) is 19. The Morgan fingerprint density at radius 2 is 0.671 bits per heavy atom. The van der Waals surface area contributed by atoms with Crippen LogP contribution >= 0.6 is 27.5 Å². The van der Waals surface area contributed by atoms with Crippen LogP contribution in [0.4, 0.5) is 41.1 Å². The number of ether oxygens (including phenoxy) is 4. The monoisotopic (exact) mass is 2050 g/mol. The number of oxazole rings is 5. The fourth-order valence-electron chi connectivity index (χ4n) is 16.8. The molecule has 0 N–H and O–H groups in total. The van der Waals surface area contributed by atoms with Crippen LogP contribution in [0.2, 0.25) is 5.15 Å². The highest BCUT2D eigenvalue weighted by molar-refractivity contribution is 9.10. The van der Waals surface area contributed by atoms with Crippen molar-refractivity contribution in [2.45, 2.75) is 237 Å². The number of aromatic nitrogens is 11. The molecule has 6 saturated heterocycles. The Morgan fingerprint density at radius 3 is 0.986 bits per heavy atom. The molecule has 143 heavy (non-hydrogen) atoms. The molecule has 14 heterocycles. The molecule has 13 aromatic rings. The largest absolute Gasteiger partial charge is 0.494 e. The molecule has 6 aliphatic rings. The maximum atomic E-state index is 15.9. The van der Waals surface area contributed by atoms with Crippen LogP contribution < -0.4 is 5.46 Å². The molecule has 19 rings (SSSR count). The molecule has 0 radical (unpaired) electrons. The van der Waals surface area contributed by atoms with Crippen molar-refractivity contribution in [3.63, 3.8) is 0 Å². The maximum absolute atomic E-state index is 15.9. The van der Waals surface area contributed by atoms with Gasteiger partial charge in [0, 0.05) is 72.1 Å². The molecule has 0 saturated carbocycles. The normalized spacial score (nSPS) is 21.3. The number of hydrogen-bond acceptors (Lipinski definition) is 30. The zero-order valence-electron chi connectivity index (χ0n) is 82.1. The second-order valence-corrected chi connectivity index (χ2v) is 42.4. The average molecular weight is 2050 g/mol. The van der Waals surface area contributed by atoms with E-state index in [-0.39, 0.29) is 106 Å². The first-order valence-electron chi connectivity index (χ1n) is 46.8. The smallest absolute Gasteiger partial charge is 0.444 e. The topological polar surface area (TPSA) is 419 Å². The first-order valence-corrected chi connectivity index (χ1v) is 47.9. The fraction of sp³-hybridized carbons (Fsp3) is 0.465. The van der Waals surface area contributed by atoms with Crippen LogP contribution in [0.15, 0.2) is 155 Å². The number of alkyl halides is 5. The SMILES string of the molecule is CC(C)(C)OC(=O)N1CCC[C@](F)(c2nc3cc(-c4cc(C#N)ncn4)ccc3o2)C1.CC(C)(C)OC(=O)N1CCC[C@](F)(c2nc3cc(-c4cc(Cl)ncn4)ccc3o2)C1.CC(C)(C)OC(=O)N1CCC[C@](F)(c2nc3cc(B4OC(C)(C)C(C)(C)O4)ccc3o2)C1.CC(C)(C)OC(=O)N1CCC[C@](F)(c2nc3cc(Br)ccc3o2)C1.N#Cc1cc(-c2ccc3oc([C@@]4(F)CCCN(C#N)C4)nc3c2)ncn1. The van der Waals surface area contributed by atoms with Gasteiger partial charge in [-0.25, -0.2) is 96.0 Å². The van der Waals surface area contributed by atoms with Gasteiger partial charge in [0.05, 0.1) is 61.0 Å². The lowest BCUT2D eigenvalue weighted by Gasteiger charge is -2.36. The number of carbonyl (C=O) groups is 4. The van der Waals surface area contributed by atoms with Gasteiger partial charge in [0.2, 0.25) is 57.8 Å². The Balaban J connectivity index is 0.000000135. The first kappa shape index (κ1) is 104. The molecule has 6 fully saturated rings. The van der Waals surface area contributed by atoms with Gasteiger partial charge in [-0.05, 0) is 265 Å². The minimum Gasteiger partial charge on any atom is -0.444 e. The zero-order valence-corrected chi connectivity index (χ0v) is 84.5. The minimum absolute atomic E-state index is 0.00926. The molecule has 5 atom stereocenters. The summed E-state index contributed by atoms with van der Waals surface area (Å²) in [4.78, 5) is 102. The van der Waals surface area contributed by atoms with E-state index in [9.17, 15) is 19.2 Å². The molecule has 34 nitrogen and oxygen atoms in total. The van der Waals surface area contributed by atoms with E-state index in [4.69, 9.17) is 77.7 Å². The Morgan fingerprint density at radius 1 is 0.385 bits per heavy atom. The summed E-state index contributed by atoms with van der Waals surface area (Å²) in [6.45, 7) is 31.0. The van der Waals surface area contributed by atoms with Crippen LogP contribution in [0.25, 0.3) is 89.3 Å². The lowest BCUT2D eigenvalue weighted by molar-refractivity contribution is -0.0143. The maximum Gasteiger partial charge on any atom is 0.494 e. The number of piperidine rings is 5. The summed E-state index contributed by atoms with van der Waals surface area (Å²) in [6, 6.07) is 35.1. The van der Waals surface area contributed by atoms with Crippen LogP contribution in [0.5, 0.6) is 0 Å². The summed E-state index contributed by atoms with van der Waals surface area (Å²) in [5, 5.41) is 27.4. The van der Waals surface area contributed by atoms with Crippen molar-refractivity contribution in [3.05, 3.63) is 179 Å². The Bertz CT molecular complexity index is 7050. The third-order valence-corrected chi connectivity index (χ3v) is 25.1. The summed E-state index contributed by atoms with van der Waals surface area (Å²) in [5.41, 5.74) is -2.53. The van der Waals surface area contributed by atoms with E-state index in [1.807, 2.05) is 64.2 Å². The molecule has 0 bridgehead atoms. The van der Waals surface area contributed by atoms with Crippen molar-refractivity contribution in [1.29, 1.82) is 15.8 Å². The van der Waals surface area contributed by atoms with Gasteiger partial charge < -0.3 is 74.8 Å². The van der Waals surface area contributed by atoms with Crippen LogP contribution in [0.3, 0.4) is 0 Å². The highest BCUT2D eigenvalue weighted by atomic mass is 79.9. The lowest BCUT2D eigenvalue weighted by atomic mass is 9.79. The van der Waals surface area contributed by atoms with Crippen molar-refractivity contribution in [1.82, 2.24) is 79.3 Å². The lowest BCUT2D eigenvalue weighted by Crippen LogP contribution is -2.48. The van der Waals surface area contributed by atoms with Crippen LogP contribution in [0.1, 0.15) is 216 Å². The van der Waals surface area contributed by atoms with Gasteiger partial charge in [0.25, 0.3) is 0 Å². The number of likely N-dealkylation sites (tertiary alicyclic amines) is 5. The number of rotatable bonds is 9. The molecular formula is C101H109BBrClF5N19O15. The first-order chi connectivity index (χ1) is 67.3. The fourth-order valence-corrected chi connectivity index (χ4v) is 17.3. The van der Waals surface area contributed by atoms with Crippen molar-refractivity contribution < 1.29 is 91.5 Å². The standard InChI is InChI=1S/C23H32BFN2O5.C22H22FN5O3.C21H22ClFN4O3.C18H13FN6O.C17H20BrFN2O3/c1-20(2,3)30-19(28)27-12-8-11-23(25,14-27)18-26-16-13-15(9-10-17(16)29-18)24-31-21(4,5)22(6,7)32-24;1-21(2,3)31-20(29)28-8-4-7-22(23,12-28)19-27-17-9-14(5-6-18(17)30-19)16-10-15(11-24)25-13-26-16;1-20(2,3)30-19(28)27-8-4-7-21(23,11-27)18-26-15-9-13(5-6-16(15)29-18)14-10-17(22)25-12-24-14;19-18(4-1-5-25(9-18)10-21)17-24-15-6-12(2-3-16(15)26-17)14-7-13(8-20)22-11-23-14;1-16(2,3)24-15(22)21-8-4-7-17(19,10-21)14-20-12-9-11(18)5-6-13(12)23-14/h9-10,13H,8,11-12,14H2,1-7H3;5-6,9-10,13H,4,7-8,12H2,1-3H3;5-6,9-10,12H,4,7-8,11H2,1-3H3;2-3,6-7,11H,1,4-5,9H2;5-6,9H,4,7-8,10H2,1-3H3/t23-;22-;21-;18-;17-/m11111/s1. The number of carbonyl (C=O) groups excluding carboxylic acids is 4. The number of halogens is 7. The molecule has 0 unspecified atom stereocenters. The minimum atomic E-state index is -1.91. The molecular weight excluding hydrogens is 1940 g/mol. The highest BCUT2D eigenvalue weighted by Gasteiger charge is 2.54. The molecule has 750 valence electrons. The quantitative estimate of drug-likeness (QED) is 0.0426. The number of amides is 4. The van der Waals surface area contributed by atoms with Gasteiger partial charge in [0.15, 0.2) is 34.1 Å². The predicted octanol–water partition coefficient (Wildman–Crippen LogP) is 21.5. The summed E-state index contributed by atoms with van der Waals surface area (Å²) < 4.78 is 141. The van der Waals surface area contributed by atoms with Gasteiger partial charge in [-0.1, -0.05) is 33.6 Å². The highest BCUT2D eigenvalue weighted by Crippen LogP contribution is 2.46. The van der Waals surface area contributed by atoms with E-state index in [1.165, 1.54) is 43.5 Å². The van der Waals surface area contributed by atoms with E-state index < -0.39 is 93.4 Å². The van der Waals surface area contributed by atoms with E-state index >= 15 is 22.0 Å². The van der Waals surface area contributed by atoms with Gasteiger partial charge in [-0.15, -0.1) is 0 Å². The third kappa shape index (κ3) is 24.7. The van der Waals surface area contributed by atoms with Gasteiger partial charge >= 0.3 is 31.5 Å². The molecule has 5 aromatic carbocycles. The Kier molecular flexibility index (Phi) is 29.5. The molecule has 42 heteroatoms. The second-order valence-electron chi connectivity index (χ2n) is 41.1. The van der Waals surface area contributed by atoms with Crippen molar-refractivity contribution >= 4 is 120 Å². The van der Waals surface area contributed by atoms with Crippen LogP contribution in [-0.4, -0.2) is 210 Å². The molecule has 6 aliphatic heterocycles. The van der Waals surface area contributed by atoms with E-state index in [0.29, 0.717) is 148 Å². The zero-order chi connectivity index (χ0) is 103. The number of hydrogen-bond donors (Lipinski definition) is 0. The van der Waals surface area contributed by atoms with E-state index in [0.717, 1.165) is 21.1 Å². The van der Waals surface area contributed by atoms with Crippen LogP contribution in [-0.2, 0) is 56.6 Å². The van der Waals surface area contributed by atoms with Crippen LogP contribution in [0, 0.1) is 34.1 Å². The van der Waals surface area contributed by atoms with Crippen molar-refractivity contribution in [3.8, 4) is 52.1 Å². The van der Waals surface area contributed by atoms with Gasteiger partial charge in [0.1, 0.15) is 97.6 Å². The average Bonchev–Trinajstić information content (AvgIpc) is 1.63. The van der Waals surface area contributed by atoms with E-state index in [1.54, 1.807) is 174 Å². The summed E-state index contributed by atoms with van der Waals surface area (Å²) in [6.07, 6.45) is 7.57.